The van der Waals surface area contributed by atoms with Crippen molar-refractivity contribution in [3.05, 3.63) is 48.5 Å². The molecule has 0 aliphatic heterocycles. The summed E-state index contributed by atoms with van der Waals surface area (Å²) in [5, 5.41) is 0. The molecule has 6 nitrogen and oxygen atoms in total. The molecule has 0 aliphatic rings. The molecule has 25 heavy (non-hydrogen) atoms. The van der Waals surface area contributed by atoms with Crippen LogP contribution in [0.4, 0.5) is 18.9 Å². The normalized spacial score (nSPS) is 12.6. The van der Waals surface area contributed by atoms with Gasteiger partial charge >= 0.3 is 6.36 Å². The quantitative estimate of drug-likeness (QED) is 0.841. The predicted octanol–water partition coefficient (Wildman–Crippen LogP) is 2.79. The van der Waals surface area contributed by atoms with Crippen LogP contribution in [0.25, 0.3) is 0 Å². The fourth-order valence-corrected chi connectivity index (χ4v) is 3.49. The van der Waals surface area contributed by atoms with Gasteiger partial charge in [-0.05, 0) is 48.5 Å². The Labute approximate surface area is 142 Å². The lowest BCUT2D eigenvalue weighted by molar-refractivity contribution is -0.274. The molecule has 0 atom stereocenters. The molecule has 2 aromatic carbocycles. The molecule has 2 aromatic rings. The van der Waals surface area contributed by atoms with Gasteiger partial charge < -0.3 is 4.74 Å². The molecule has 11 heteroatoms. The summed E-state index contributed by atoms with van der Waals surface area (Å²) in [5.74, 6) is -0.493. The third-order valence-corrected chi connectivity index (χ3v) is 5.43. The first kappa shape index (κ1) is 19.1. The molecule has 0 saturated heterocycles. The van der Waals surface area contributed by atoms with Crippen molar-refractivity contribution in [2.75, 3.05) is 11.0 Å². The second kappa shape index (κ2) is 6.56. The van der Waals surface area contributed by atoms with E-state index in [9.17, 15) is 30.0 Å². The Hall–Kier alpha value is -2.27. The first-order chi connectivity index (χ1) is 11.4. The third-order valence-electron chi connectivity index (χ3n) is 2.90. The molecule has 0 aliphatic carbocycles. The zero-order valence-electron chi connectivity index (χ0n) is 12.6. The van der Waals surface area contributed by atoms with Gasteiger partial charge in [-0.2, -0.15) is 0 Å². The molecule has 0 saturated carbocycles. The standard InChI is InChI=1S/C14H12F3NO5S2/c1-24(19,20)12-6-8-13(9-7-12)25(21,22)18-10-2-4-11(5-3-10)23-14(15,16)17/h2-9,18H,1H3. The average molecular weight is 395 g/mol. The zero-order valence-corrected chi connectivity index (χ0v) is 14.2. The number of rotatable bonds is 5. The van der Waals surface area contributed by atoms with Crippen LogP contribution in [0.15, 0.2) is 58.3 Å². The summed E-state index contributed by atoms with van der Waals surface area (Å²) in [4.78, 5) is -0.240. The maximum Gasteiger partial charge on any atom is 0.573 e. The van der Waals surface area contributed by atoms with Crippen LogP contribution in [-0.4, -0.2) is 29.5 Å². The third kappa shape index (κ3) is 5.36. The van der Waals surface area contributed by atoms with Crippen LogP contribution in [0.3, 0.4) is 0 Å². The lowest BCUT2D eigenvalue weighted by Gasteiger charge is -2.11. The first-order valence-electron chi connectivity index (χ1n) is 6.56. The molecule has 0 radical (unpaired) electrons. The number of sulfone groups is 1. The van der Waals surface area contributed by atoms with Gasteiger partial charge in [0.2, 0.25) is 0 Å². The molecule has 0 heterocycles. The van der Waals surface area contributed by atoms with Gasteiger partial charge in [-0.15, -0.1) is 13.2 Å². The van der Waals surface area contributed by atoms with E-state index in [1.54, 1.807) is 0 Å². The van der Waals surface area contributed by atoms with Crippen molar-refractivity contribution in [1.29, 1.82) is 0 Å². The van der Waals surface area contributed by atoms with E-state index in [2.05, 4.69) is 9.46 Å². The van der Waals surface area contributed by atoms with Crippen molar-refractivity contribution >= 4 is 25.5 Å². The second-order valence-electron chi connectivity index (χ2n) is 4.92. The number of ether oxygens (including phenoxy) is 1. The summed E-state index contributed by atoms with van der Waals surface area (Å²) in [5.41, 5.74) is 0.0155. The van der Waals surface area contributed by atoms with E-state index in [1.807, 2.05) is 0 Å². The Kier molecular flexibility index (Phi) is 5.00. The highest BCUT2D eigenvalue weighted by molar-refractivity contribution is 7.92. The van der Waals surface area contributed by atoms with Gasteiger partial charge in [-0.1, -0.05) is 0 Å². The highest BCUT2D eigenvalue weighted by atomic mass is 32.2. The largest absolute Gasteiger partial charge is 0.573 e. The summed E-state index contributed by atoms with van der Waals surface area (Å²) >= 11 is 0. The molecule has 2 rings (SSSR count). The molecule has 0 fully saturated rings. The number of halogens is 3. The topological polar surface area (TPSA) is 89.5 Å². The number of sulfonamides is 1. The summed E-state index contributed by atoms with van der Waals surface area (Å²) in [6, 6.07) is 8.62. The molecular weight excluding hydrogens is 383 g/mol. The van der Waals surface area contributed by atoms with Crippen LogP contribution in [-0.2, 0) is 19.9 Å². The van der Waals surface area contributed by atoms with Crippen LogP contribution in [0.5, 0.6) is 5.75 Å². The van der Waals surface area contributed by atoms with Gasteiger partial charge in [-0.25, -0.2) is 16.8 Å². The Morgan fingerprint density at radius 1 is 0.840 bits per heavy atom. The summed E-state index contributed by atoms with van der Waals surface area (Å²) in [7, 11) is -7.50. The minimum absolute atomic E-state index is 0.0155. The zero-order chi connectivity index (χ0) is 18.9. The van der Waals surface area contributed by atoms with Crippen molar-refractivity contribution in [3.8, 4) is 5.75 Å². The number of benzene rings is 2. The number of alkyl halides is 3. The molecule has 0 spiro atoms. The predicted molar refractivity (Wildman–Crippen MR) is 83.5 cm³/mol. The van der Waals surface area contributed by atoms with E-state index in [0.29, 0.717) is 0 Å². The molecule has 1 N–H and O–H groups in total. The van der Waals surface area contributed by atoms with Crippen LogP contribution >= 0.6 is 0 Å². The molecule has 0 unspecified atom stereocenters. The average Bonchev–Trinajstić information content (AvgIpc) is 2.47. The van der Waals surface area contributed by atoms with Gasteiger partial charge in [0.05, 0.1) is 9.79 Å². The summed E-state index contributed by atoms with van der Waals surface area (Å²) in [6.45, 7) is 0. The highest BCUT2D eigenvalue weighted by Gasteiger charge is 2.31. The molecule has 0 bridgehead atoms. The van der Waals surface area contributed by atoms with Gasteiger partial charge in [-0.3, -0.25) is 4.72 Å². The number of hydrogen-bond donors (Lipinski definition) is 1. The van der Waals surface area contributed by atoms with Gasteiger partial charge in [0.1, 0.15) is 5.75 Å². The Morgan fingerprint density at radius 3 is 1.76 bits per heavy atom. The summed E-state index contributed by atoms with van der Waals surface area (Å²) < 4.78 is 89.2. The molecule has 0 amide bonds. The van der Waals surface area contributed by atoms with Crippen molar-refractivity contribution in [2.45, 2.75) is 16.2 Å². The second-order valence-corrected chi connectivity index (χ2v) is 8.62. The number of anilines is 1. The van der Waals surface area contributed by atoms with E-state index >= 15 is 0 Å². The Bertz CT molecular complexity index is 951. The van der Waals surface area contributed by atoms with Crippen LogP contribution in [0.2, 0.25) is 0 Å². The van der Waals surface area contributed by atoms with Gasteiger partial charge in [0.15, 0.2) is 9.84 Å². The fourth-order valence-electron chi connectivity index (χ4n) is 1.80. The number of hydrogen-bond acceptors (Lipinski definition) is 5. The van der Waals surface area contributed by atoms with Crippen molar-refractivity contribution in [3.63, 3.8) is 0 Å². The van der Waals surface area contributed by atoms with Gasteiger partial charge in [0.25, 0.3) is 10.0 Å². The molecule has 0 aromatic heterocycles. The van der Waals surface area contributed by atoms with E-state index in [0.717, 1.165) is 54.8 Å². The minimum Gasteiger partial charge on any atom is -0.406 e. The van der Waals surface area contributed by atoms with Crippen LogP contribution in [0, 0.1) is 0 Å². The monoisotopic (exact) mass is 395 g/mol. The maximum absolute atomic E-state index is 12.2. The lowest BCUT2D eigenvalue weighted by atomic mass is 10.3. The Morgan fingerprint density at radius 2 is 1.32 bits per heavy atom. The van der Waals surface area contributed by atoms with E-state index in [1.165, 1.54) is 0 Å². The Balaban J connectivity index is 2.18. The van der Waals surface area contributed by atoms with E-state index in [-0.39, 0.29) is 15.5 Å². The molecular formula is C14H12F3NO5S2. The minimum atomic E-state index is -4.84. The van der Waals surface area contributed by atoms with Crippen LogP contribution < -0.4 is 9.46 Å². The van der Waals surface area contributed by atoms with E-state index < -0.39 is 32.0 Å². The van der Waals surface area contributed by atoms with E-state index in [4.69, 9.17) is 0 Å². The number of nitrogens with one attached hydrogen (secondary N) is 1. The van der Waals surface area contributed by atoms with Crippen molar-refractivity contribution < 1.29 is 34.7 Å². The summed E-state index contributed by atoms with van der Waals surface area (Å²) in [6.07, 6.45) is -3.86. The maximum atomic E-state index is 12.2. The van der Waals surface area contributed by atoms with Gasteiger partial charge in [0, 0.05) is 11.9 Å². The SMILES string of the molecule is CS(=O)(=O)c1ccc(S(=O)(=O)Nc2ccc(OC(F)(F)F)cc2)cc1. The molecule has 136 valence electrons. The van der Waals surface area contributed by atoms with Crippen LogP contribution in [0.1, 0.15) is 0 Å². The fraction of sp³-hybridized carbons (Fsp3) is 0.143. The smallest absolute Gasteiger partial charge is 0.406 e. The van der Waals surface area contributed by atoms with Crippen molar-refractivity contribution in [1.82, 2.24) is 0 Å². The lowest BCUT2D eigenvalue weighted by Crippen LogP contribution is -2.17. The first-order valence-corrected chi connectivity index (χ1v) is 9.93. The van der Waals surface area contributed by atoms with Crippen molar-refractivity contribution in [2.24, 2.45) is 0 Å². The highest BCUT2D eigenvalue weighted by Crippen LogP contribution is 2.25.